The molecule has 32 heavy (non-hydrogen) atoms. The fraction of sp³-hybridized carbons (Fsp3) is 0.0769. The van der Waals surface area contributed by atoms with E-state index in [2.05, 4.69) is 0 Å². The summed E-state index contributed by atoms with van der Waals surface area (Å²) in [6, 6.07) is 29.2. The van der Waals surface area contributed by atoms with E-state index in [0.29, 0.717) is 11.4 Å². The molecule has 4 aromatic rings. The van der Waals surface area contributed by atoms with Crippen LogP contribution in [0.3, 0.4) is 0 Å². The lowest BCUT2D eigenvalue weighted by Crippen LogP contribution is -2.31. The first-order valence-corrected chi connectivity index (χ1v) is 10.1. The monoisotopic (exact) mass is 426 g/mol. The Morgan fingerprint density at radius 1 is 0.562 bits per heavy atom. The normalized spacial score (nSPS) is 10.4. The number of ether oxygens (including phenoxy) is 2. The minimum atomic E-state index is -0.597. The SMILES string of the molecule is CN(C(=O)Oc1cc2ccccc2cc1OC(=O)N(C)c1ccccc1)c1ccccc1. The Morgan fingerprint density at radius 2 is 0.906 bits per heavy atom. The number of carbonyl (C=O) groups excluding carboxylic acids is 2. The number of fused-ring (bicyclic) bond motifs is 1. The maximum atomic E-state index is 12.8. The standard InChI is InChI=1S/C26H22N2O4/c1-27(21-13-5-3-6-14-21)25(29)31-23-17-19-11-9-10-12-20(19)18-24(23)32-26(30)28(2)22-15-7-4-8-16-22/h3-18H,1-2H3. The lowest BCUT2D eigenvalue weighted by Gasteiger charge is -2.20. The Labute approximate surface area is 186 Å². The molecule has 0 heterocycles. The number of benzene rings is 4. The summed E-state index contributed by atoms with van der Waals surface area (Å²) < 4.78 is 11.3. The molecule has 0 saturated carbocycles. The molecule has 0 bridgehead atoms. The van der Waals surface area contributed by atoms with Crippen LogP contribution in [0.15, 0.2) is 97.1 Å². The molecular weight excluding hydrogens is 404 g/mol. The predicted molar refractivity (Wildman–Crippen MR) is 126 cm³/mol. The first kappa shape index (κ1) is 20.9. The summed E-state index contributed by atoms with van der Waals surface area (Å²) in [5.41, 5.74) is 1.36. The van der Waals surface area contributed by atoms with Gasteiger partial charge < -0.3 is 9.47 Å². The number of anilines is 2. The lowest BCUT2D eigenvalue weighted by molar-refractivity contribution is 0.198. The minimum absolute atomic E-state index is 0.159. The lowest BCUT2D eigenvalue weighted by atomic mass is 10.1. The van der Waals surface area contributed by atoms with Gasteiger partial charge in [-0.25, -0.2) is 9.59 Å². The number of para-hydroxylation sites is 2. The van der Waals surface area contributed by atoms with Crippen LogP contribution in [0.4, 0.5) is 21.0 Å². The number of rotatable bonds is 4. The second-order valence-corrected chi connectivity index (χ2v) is 7.17. The summed E-state index contributed by atoms with van der Waals surface area (Å²) >= 11 is 0. The van der Waals surface area contributed by atoms with Crippen LogP contribution in [0.5, 0.6) is 11.5 Å². The molecular formula is C26H22N2O4. The van der Waals surface area contributed by atoms with Crippen LogP contribution in [0.25, 0.3) is 10.8 Å². The number of hydrogen-bond acceptors (Lipinski definition) is 4. The number of hydrogen-bond donors (Lipinski definition) is 0. The smallest absolute Gasteiger partial charge is 0.406 e. The molecule has 0 atom stereocenters. The summed E-state index contributed by atoms with van der Waals surface area (Å²) in [6.07, 6.45) is -1.19. The van der Waals surface area contributed by atoms with Gasteiger partial charge in [-0.3, -0.25) is 9.80 Å². The number of carbonyl (C=O) groups is 2. The van der Waals surface area contributed by atoms with E-state index in [4.69, 9.17) is 9.47 Å². The van der Waals surface area contributed by atoms with Gasteiger partial charge >= 0.3 is 12.2 Å². The van der Waals surface area contributed by atoms with Crippen LogP contribution in [-0.4, -0.2) is 26.3 Å². The average molecular weight is 426 g/mol. The number of nitrogens with zero attached hydrogens (tertiary/aromatic N) is 2. The fourth-order valence-corrected chi connectivity index (χ4v) is 3.20. The van der Waals surface area contributed by atoms with Crippen molar-refractivity contribution in [3.8, 4) is 11.5 Å². The molecule has 0 aromatic heterocycles. The zero-order valence-electron chi connectivity index (χ0n) is 17.8. The molecule has 0 aliphatic rings. The Hall–Kier alpha value is -4.32. The summed E-state index contributed by atoms with van der Waals surface area (Å²) in [4.78, 5) is 28.4. The first-order valence-electron chi connectivity index (χ1n) is 10.1. The van der Waals surface area contributed by atoms with Crippen LogP contribution in [-0.2, 0) is 0 Å². The highest BCUT2D eigenvalue weighted by Gasteiger charge is 2.20. The van der Waals surface area contributed by atoms with Crippen LogP contribution in [0.1, 0.15) is 0 Å². The quantitative estimate of drug-likeness (QED) is 0.395. The van der Waals surface area contributed by atoms with Gasteiger partial charge in [-0.1, -0.05) is 60.7 Å². The summed E-state index contributed by atoms with van der Waals surface area (Å²) in [6.45, 7) is 0. The van der Waals surface area contributed by atoms with Gasteiger partial charge in [-0.2, -0.15) is 0 Å². The van der Waals surface area contributed by atoms with Gasteiger partial charge in [0.2, 0.25) is 0 Å². The highest BCUT2D eigenvalue weighted by atomic mass is 16.6. The van der Waals surface area contributed by atoms with Gasteiger partial charge in [0.1, 0.15) is 0 Å². The van der Waals surface area contributed by atoms with Crippen molar-refractivity contribution in [1.82, 2.24) is 0 Å². The van der Waals surface area contributed by atoms with E-state index in [1.165, 1.54) is 9.80 Å². The van der Waals surface area contributed by atoms with E-state index in [9.17, 15) is 9.59 Å². The molecule has 4 rings (SSSR count). The van der Waals surface area contributed by atoms with E-state index in [1.54, 1.807) is 50.5 Å². The van der Waals surface area contributed by atoms with Crippen molar-refractivity contribution >= 4 is 34.3 Å². The Bertz CT molecular complexity index is 1140. The van der Waals surface area contributed by atoms with Crippen LogP contribution < -0.4 is 19.3 Å². The molecule has 6 heteroatoms. The van der Waals surface area contributed by atoms with Crippen molar-refractivity contribution in [2.45, 2.75) is 0 Å². The van der Waals surface area contributed by atoms with Crippen molar-refractivity contribution in [3.63, 3.8) is 0 Å². The van der Waals surface area contributed by atoms with Gasteiger partial charge in [-0.15, -0.1) is 0 Å². The molecule has 160 valence electrons. The van der Waals surface area contributed by atoms with Crippen molar-refractivity contribution in [3.05, 3.63) is 97.1 Å². The zero-order valence-corrected chi connectivity index (χ0v) is 17.8. The van der Waals surface area contributed by atoms with Gasteiger partial charge in [-0.05, 0) is 47.2 Å². The van der Waals surface area contributed by atoms with Crippen LogP contribution in [0, 0.1) is 0 Å². The largest absolute Gasteiger partial charge is 0.419 e. The molecule has 0 spiro atoms. The van der Waals surface area contributed by atoms with Crippen molar-refractivity contribution in [2.24, 2.45) is 0 Å². The number of amides is 2. The van der Waals surface area contributed by atoms with E-state index in [0.717, 1.165) is 10.8 Å². The summed E-state index contributed by atoms with van der Waals surface area (Å²) in [5, 5.41) is 1.71. The summed E-state index contributed by atoms with van der Waals surface area (Å²) in [5.74, 6) is 0.317. The zero-order chi connectivity index (χ0) is 22.5. The van der Waals surface area contributed by atoms with Crippen LogP contribution in [0.2, 0.25) is 0 Å². The van der Waals surface area contributed by atoms with E-state index in [-0.39, 0.29) is 11.5 Å². The third kappa shape index (κ3) is 4.54. The average Bonchev–Trinajstić information content (AvgIpc) is 2.84. The Balaban J connectivity index is 1.63. The third-order valence-corrected chi connectivity index (χ3v) is 5.04. The van der Waals surface area contributed by atoms with Gasteiger partial charge in [0.25, 0.3) is 0 Å². The molecule has 2 amide bonds. The Kier molecular flexibility index (Phi) is 6.03. The molecule has 0 saturated heterocycles. The highest BCUT2D eigenvalue weighted by Crippen LogP contribution is 2.34. The topological polar surface area (TPSA) is 59.1 Å². The fourth-order valence-electron chi connectivity index (χ4n) is 3.20. The molecule has 0 aliphatic heterocycles. The maximum Gasteiger partial charge on any atom is 0.419 e. The van der Waals surface area contributed by atoms with Crippen molar-refractivity contribution < 1.29 is 19.1 Å². The minimum Gasteiger partial charge on any atom is -0.406 e. The molecule has 4 aromatic carbocycles. The third-order valence-electron chi connectivity index (χ3n) is 5.04. The second-order valence-electron chi connectivity index (χ2n) is 7.17. The second kappa shape index (κ2) is 9.22. The molecule has 0 fully saturated rings. The molecule has 6 nitrogen and oxygen atoms in total. The molecule has 0 N–H and O–H groups in total. The molecule has 0 aliphatic carbocycles. The molecule has 0 radical (unpaired) electrons. The molecule has 0 unspecified atom stereocenters. The van der Waals surface area contributed by atoms with Gasteiger partial charge in [0, 0.05) is 25.5 Å². The summed E-state index contributed by atoms with van der Waals surface area (Å²) in [7, 11) is 3.24. The van der Waals surface area contributed by atoms with E-state index in [1.807, 2.05) is 60.7 Å². The van der Waals surface area contributed by atoms with E-state index < -0.39 is 12.2 Å². The van der Waals surface area contributed by atoms with Crippen molar-refractivity contribution in [2.75, 3.05) is 23.9 Å². The van der Waals surface area contributed by atoms with Crippen molar-refractivity contribution in [1.29, 1.82) is 0 Å². The predicted octanol–water partition coefficient (Wildman–Crippen LogP) is 6.11. The van der Waals surface area contributed by atoms with E-state index >= 15 is 0 Å². The Morgan fingerprint density at radius 3 is 1.28 bits per heavy atom. The van der Waals surface area contributed by atoms with Crippen LogP contribution >= 0.6 is 0 Å². The van der Waals surface area contributed by atoms with Gasteiger partial charge in [0.15, 0.2) is 11.5 Å². The van der Waals surface area contributed by atoms with Gasteiger partial charge in [0.05, 0.1) is 0 Å². The first-order chi connectivity index (χ1) is 15.5. The highest BCUT2D eigenvalue weighted by molar-refractivity contribution is 5.93. The maximum absolute atomic E-state index is 12.8.